The maximum atomic E-state index is 15.3. The monoisotopic (exact) mass is 1750 g/mol. The molecule has 0 saturated heterocycles. The molecule has 2 heterocycles. The van der Waals surface area contributed by atoms with Crippen molar-refractivity contribution in [1.29, 1.82) is 0 Å². The number of hydrogen-bond donors (Lipinski definition) is 19. The number of Topliss-reactive ketones (excluding diaryl/α,β-unsaturated/α-hetero) is 2. The van der Waals surface area contributed by atoms with Gasteiger partial charge in [-0.15, -0.1) is 0 Å². The molecular formula is C91H128N16O19. The van der Waals surface area contributed by atoms with Crippen LogP contribution in [0.3, 0.4) is 0 Å². The number of ketones is 2. The number of phenolic OH excluding ortho intramolecular Hbond substituents is 1. The molecule has 14 amide bonds. The number of primary amides is 2. The Hall–Kier alpha value is -12.2. The molecule has 6 rings (SSSR count). The number of para-hydroxylation sites is 1. The molecule has 0 fully saturated rings. The van der Waals surface area contributed by atoms with Gasteiger partial charge in [0.05, 0.1) is 30.7 Å². The second kappa shape index (κ2) is 50.0. The van der Waals surface area contributed by atoms with Crippen LogP contribution in [0.5, 0.6) is 5.75 Å². The Balaban J connectivity index is 1.39. The summed E-state index contributed by atoms with van der Waals surface area (Å²) in [7, 11) is 0. The van der Waals surface area contributed by atoms with Crippen molar-refractivity contribution in [2.24, 2.45) is 29.2 Å². The molecule has 35 nitrogen and oxygen atoms in total. The Bertz CT molecular complexity index is 4600. The first-order valence-corrected chi connectivity index (χ1v) is 43.0. The molecule has 1 aliphatic rings. The standard InChI is InChI=1S/C91H128N16O19/c1-52(2)43-63-50-95-67(39-40-74(92)112)77(114)76(113)54(5)96-82(119)72(48-62-49-94-66-34-26-25-33-65(62)66)102-83(120)70(47-61-35-37-64(111)38-36-61)101-80(117)56(7)98-88(125)90(10,107-86(123)71(46-60-31-23-20-24-32-60)103-87(124)75(57(8)109)105-84(121)69(44-53(3)4)99-58(9)110)41-27-17-15-13-12-14-16-18-28-42-91(11,106-81(63)118)89(126)104-73(51-108)85(122)97-55(6)79(116)100-68(78(93)115)45-59-29-21-19-22-30-59/h14,16,19-26,29-38,49,52-57,63,67-73,75,94-95,108-109,111H,12-13,15,17-18,27-28,39-48,50-51H2,1-11H3,(H2,92,112)(H2,93,115)(H,96,119)(H,97,122)(H,98,125)(H,99,110)(H,100,116)(H,101,117)(H,102,120)(H,103,124)(H,104,126)(H,105,121)(H,106,118)(H,107,123)/t54?,55-,56?,57+,63+,67-,68?,69-,70-,71-,72-,73?,75-,90+,91-/m0/s1. The predicted molar refractivity (Wildman–Crippen MR) is 470 cm³/mol. The van der Waals surface area contributed by atoms with Gasteiger partial charge in [-0.25, -0.2) is 0 Å². The van der Waals surface area contributed by atoms with E-state index in [1.807, 2.05) is 39.8 Å². The smallest absolute Gasteiger partial charge is 0.246 e. The Morgan fingerprint density at radius 2 is 1.12 bits per heavy atom. The van der Waals surface area contributed by atoms with Gasteiger partial charge in [-0.3, -0.25) is 76.7 Å². The minimum Gasteiger partial charge on any atom is -0.508 e. The van der Waals surface area contributed by atoms with E-state index >= 15 is 24.0 Å². The van der Waals surface area contributed by atoms with Crippen molar-refractivity contribution < 1.29 is 92.0 Å². The highest BCUT2D eigenvalue weighted by Gasteiger charge is 2.43. The third-order valence-electron chi connectivity index (χ3n) is 21.9. The van der Waals surface area contributed by atoms with E-state index in [9.17, 15) is 68.1 Å². The molecule has 686 valence electrons. The zero-order valence-electron chi connectivity index (χ0n) is 73.7. The lowest BCUT2D eigenvalue weighted by atomic mass is 9.89. The van der Waals surface area contributed by atoms with Gasteiger partial charge in [0.25, 0.3) is 0 Å². The summed E-state index contributed by atoms with van der Waals surface area (Å²) in [6, 6.07) is 13.5. The summed E-state index contributed by atoms with van der Waals surface area (Å²) in [5.74, 6) is -16.1. The number of phenols is 1. The summed E-state index contributed by atoms with van der Waals surface area (Å²) in [6.07, 6.45) is 5.36. The summed E-state index contributed by atoms with van der Waals surface area (Å²) >= 11 is 0. The van der Waals surface area contributed by atoms with Crippen LogP contribution in [-0.4, -0.2) is 211 Å². The number of aliphatic hydroxyl groups excluding tert-OH is 2. The Labute approximate surface area is 734 Å². The van der Waals surface area contributed by atoms with Crippen molar-refractivity contribution in [1.82, 2.24) is 74.1 Å². The van der Waals surface area contributed by atoms with Gasteiger partial charge in [-0.2, -0.15) is 0 Å². The van der Waals surface area contributed by atoms with Crippen LogP contribution in [0, 0.1) is 17.8 Å². The first-order valence-electron chi connectivity index (χ1n) is 43.0. The van der Waals surface area contributed by atoms with E-state index in [1.54, 1.807) is 91.1 Å². The fourth-order valence-corrected chi connectivity index (χ4v) is 14.6. The summed E-state index contributed by atoms with van der Waals surface area (Å²) in [5.41, 5.74) is 10.2. The fourth-order valence-electron chi connectivity index (χ4n) is 14.6. The summed E-state index contributed by atoms with van der Waals surface area (Å²) < 4.78 is 0. The number of aromatic hydroxyl groups is 1. The lowest BCUT2D eigenvalue weighted by Gasteiger charge is -2.33. The van der Waals surface area contributed by atoms with Crippen molar-refractivity contribution in [2.45, 2.75) is 269 Å². The van der Waals surface area contributed by atoms with Crippen LogP contribution in [0.15, 0.2) is 128 Å². The molecule has 0 radical (unpaired) electrons. The normalized spacial score (nSPS) is 22.1. The molecule has 15 atom stereocenters. The summed E-state index contributed by atoms with van der Waals surface area (Å²) in [6.45, 7) is 15.1. The average molecular weight is 1750 g/mol. The first-order chi connectivity index (χ1) is 59.6. The van der Waals surface area contributed by atoms with Gasteiger partial charge in [0, 0.05) is 62.7 Å². The van der Waals surface area contributed by atoms with Gasteiger partial charge in [0.1, 0.15) is 71.2 Å². The van der Waals surface area contributed by atoms with Crippen LogP contribution in [0.4, 0.5) is 0 Å². The second-order valence-corrected chi connectivity index (χ2v) is 33.9. The Kier molecular flexibility index (Phi) is 40.7. The van der Waals surface area contributed by atoms with E-state index in [0.29, 0.717) is 65.3 Å². The minimum absolute atomic E-state index is 0.0298. The zero-order chi connectivity index (χ0) is 93.1. The van der Waals surface area contributed by atoms with Gasteiger partial charge < -0.3 is 101 Å². The molecule has 0 aliphatic carbocycles. The lowest BCUT2D eigenvalue weighted by Crippen LogP contribution is -2.64. The number of rotatable bonds is 31. The summed E-state index contributed by atoms with van der Waals surface area (Å²) in [5, 5.41) is 67.5. The number of carbonyl (C=O) groups is 16. The highest BCUT2D eigenvalue weighted by Crippen LogP contribution is 2.25. The van der Waals surface area contributed by atoms with E-state index < -0.39 is 197 Å². The van der Waals surface area contributed by atoms with Crippen LogP contribution in [0.1, 0.15) is 182 Å². The number of fused-ring (bicyclic) bond motifs is 1. The second-order valence-electron chi connectivity index (χ2n) is 33.9. The van der Waals surface area contributed by atoms with E-state index in [1.165, 1.54) is 72.7 Å². The van der Waals surface area contributed by atoms with E-state index in [-0.39, 0.29) is 94.8 Å². The summed E-state index contributed by atoms with van der Waals surface area (Å²) in [4.78, 5) is 231. The molecule has 126 heavy (non-hydrogen) atoms. The van der Waals surface area contributed by atoms with Crippen molar-refractivity contribution >= 4 is 105 Å². The number of hydrogen-bond acceptors (Lipinski definition) is 20. The number of aliphatic hydroxyl groups is 2. The number of allylic oxidation sites excluding steroid dienone is 2. The Morgan fingerprint density at radius 3 is 1.72 bits per heavy atom. The first kappa shape index (κ1) is 103. The van der Waals surface area contributed by atoms with E-state index in [2.05, 4.69) is 74.1 Å². The molecule has 1 aliphatic heterocycles. The van der Waals surface area contributed by atoms with Crippen LogP contribution in [0.2, 0.25) is 0 Å². The van der Waals surface area contributed by atoms with Crippen molar-refractivity contribution in [2.75, 3.05) is 13.2 Å². The van der Waals surface area contributed by atoms with Gasteiger partial charge >= 0.3 is 0 Å². The van der Waals surface area contributed by atoms with Crippen LogP contribution < -0.4 is 80.6 Å². The highest BCUT2D eigenvalue weighted by atomic mass is 16.3. The number of H-pyrrole nitrogens is 1. The van der Waals surface area contributed by atoms with E-state index in [0.717, 1.165) is 0 Å². The molecule has 4 aromatic carbocycles. The van der Waals surface area contributed by atoms with Gasteiger partial charge in [0.2, 0.25) is 94.3 Å². The lowest BCUT2D eigenvalue weighted by molar-refractivity contribution is -0.140. The Morgan fingerprint density at radius 1 is 0.540 bits per heavy atom. The number of carbonyl (C=O) groups excluding carboxylic acids is 16. The molecule has 35 heteroatoms. The quantitative estimate of drug-likeness (QED) is 0.0222. The predicted octanol–water partition coefficient (Wildman–Crippen LogP) is 1.83. The molecule has 0 bridgehead atoms. The SMILES string of the molecule is CC(=O)N[C@@H](CC(C)C)C(=O)N[C@H](C(=O)N[C@@H](Cc1ccccc1)C(=O)N[C@]1(C)CCCCCCC=CCCC[C@@](C)(C(=O)NC(CO)C(=O)N[C@@H](C)C(=O)NC(Cc2ccccc2)C(N)=O)NC(=O)[C@H](CC(C)C)CN[C@@H](CCC(N)=O)C(=O)C(=O)C(C)NC(=O)[C@H](Cc2c[nH]c3ccccc23)NC(=O)[C@H](Cc2ccc(O)cc2)NC(=O)C(C)NC1=O)[C@@H](C)O. The maximum Gasteiger partial charge on any atom is 0.246 e. The highest BCUT2D eigenvalue weighted by molar-refractivity contribution is 6.41. The van der Waals surface area contributed by atoms with Crippen molar-refractivity contribution in [3.63, 3.8) is 0 Å². The average Bonchev–Trinajstić information content (AvgIpc) is 1.36. The minimum atomic E-state index is -1.91. The van der Waals surface area contributed by atoms with Crippen molar-refractivity contribution in [3.8, 4) is 5.75 Å². The van der Waals surface area contributed by atoms with Crippen LogP contribution >= 0.6 is 0 Å². The number of amides is 14. The zero-order valence-corrected chi connectivity index (χ0v) is 73.7. The molecule has 0 saturated carbocycles. The fraction of sp³-hybridized carbons (Fsp3) is 0.516. The molecule has 1 aromatic heterocycles. The van der Waals surface area contributed by atoms with Crippen molar-refractivity contribution in [3.05, 3.63) is 150 Å². The molecular weight excluding hydrogens is 1620 g/mol. The van der Waals surface area contributed by atoms with Crippen LogP contribution in [0.25, 0.3) is 10.9 Å². The number of aromatic amines is 1. The van der Waals surface area contributed by atoms with Gasteiger partial charge in [-0.1, -0.05) is 150 Å². The maximum absolute atomic E-state index is 15.3. The molecule has 0 spiro atoms. The molecule has 5 aromatic rings. The number of nitrogens with one attached hydrogen (secondary N) is 14. The number of nitrogens with two attached hydrogens (primary N) is 2. The largest absolute Gasteiger partial charge is 0.508 e. The van der Waals surface area contributed by atoms with E-state index in [4.69, 9.17) is 11.5 Å². The number of benzene rings is 4. The third-order valence-corrected chi connectivity index (χ3v) is 21.9. The topological polar surface area (TPSA) is 558 Å². The molecule has 21 N–H and O–H groups in total. The molecule has 4 unspecified atom stereocenters. The number of aromatic nitrogens is 1. The third kappa shape index (κ3) is 33.0. The van der Waals surface area contributed by atoms with Crippen LogP contribution in [-0.2, 0) is 102 Å². The van der Waals surface area contributed by atoms with Gasteiger partial charge in [-0.05, 0) is 152 Å². The van der Waals surface area contributed by atoms with Gasteiger partial charge in [0.15, 0.2) is 0 Å².